The van der Waals surface area contributed by atoms with Crippen molar-refractivity contribution in [1.82, 2.24) is 4.98 Å². The molecule has 0 saturated heterocycles. The lowest BCUT2D eigenvalue weighted by Gasteiger charge is -2.10. The molecule has 1 aromatic heterocycles. The number of benzene rings is 1. The summed E-state index contributed by atoms with van der Waals surface area (Å²) < 4.78 is 1.02. The van der Waals surface area contributed by atoms with E-state index in [2.05, 4.69) is 38.2 Å². The van der Waals surface area contributed by atoms with Gasteiger partial charge >= 0.3 is 0 Å². The summed E-state index contributed by atoms with van der Waals surface area (Å²) in [5.41, 5.74) is 0.879. The van der Waals surface area contributed by atoms with Crippen molar-refractivity contribution in [2.45, 2.75) is 13.3 Å². The number of nitro groups is 1. The number of anilines is 3. The van der Waals surface area contributed by atoms with Crippen LogP contribution in [0.5, 0.6) is 0 Å². The molecule has 0 spiro atoms. The first kappa shape index (κ1) is 15.5. The summed E-state index contributed by atoms with van der Waals surface area (Å²) in [5, 5.41) is 17.2. The maximum Gasteiger partial charge on any atom is 0.276 e. The maximum atomic E-state index is 11.0. The number of pyridine rings is 1. The monoisotopic (exact) mass is 398 g/mol. The van der Waals surface area contributed by atoms with Gasteiger partial charge in [0.15, 0.2) is 0 Å². The number of nitrogens with one attached hydrogen (secondary N) is 2. The van der Waals surface area contributed by atoms with Gasteiger partial charge in [0.1, 0.15) is 11.6 Å². The normalized spacial score (nSPS) is 10.2. The van der Waals surface area contributed by atoms with Gasteiger partial charge in [0.2, 0.25) is 0 Å². The highest BCUT2D eigenvalue weighted by molar-refractivity contribution is 14.1. The zero-order valence-corrected chi connectivity index (χ0v) is 13.6. The minimum Gasteiger partial charge on any atom is -0.370 e. The summed E-state index contributed by atoms with van der Waals surface area (Å²) in [4.78, 5) is 15.0. The molecule has 110 valence electrons. The van der Waals surface area contributed by atoms with E-state index >= 15 is 0 Å². The smallest absolute Gasteiger partial charge is 0.276 e. The molecule has 2 aromatic rings. The molecule has 0 amide bonds. The van der Waals surface area contributed by atoms with Gasteiger partial charge in [-0.05, 0) is 41.1 Å². The molecule has 0 saturated carbocycles. The second-order valence-electron chi connectivity index (χ2n) is 4.38. The van der Waals surface area contributed by atoms with Gasteiger partial charge in [-0.25, -0.2) is 4.98 Å². The average Bonchev–Trinajstić information content (AvgIpc) is 2.47. The fourth-order valence-corrected chi connectivity index (χ4v) is 2.25. The standard InChI is InChI=1S/C14H15IN4O2/c1-2-7-16-13-8-10(19(20)21)9-14(18-13)17-12-6-4-3-5-11(12)15/h3-6,8-9H,2,7H2,1H3,(H2,16,17,18). The lowest BCUT2D eigenvalue weighted by atomic mass is 10.3. The molecule has 0 aliphatic carbocycles. The highest BCUT2D eigenvalue weighted by atomic mass is 127. The molecule has 0 aliphatic rings. The van der Waals surface area contributed by atoms with Crippen LogP contribution in [0.1, 0.15) is 13.3 Å². The molecule has 1 heterocycles. The minimum atomic E-state index is -0.417. The van der Waals surface area contributed by atoms with E-state index in [1.54, 1.807) is 0 Å². The van der Waals surface area contributed by atoms with Gasteiger partial charge in [-0.2, -0.15) is 0 Å². The lowest BCUT2D eigenvalue weighted by Crippen LogP contribution is -2.05. The summed E-state index contributed by atoms with van der Waals surface area (Å²) in [6.07, 6.45) is 0.920. The third-order valence-electron chi connectivity index (χ3n) is 2.71. The number of aromatic nitrogens is 1. The molecule has 0 aliphatic heterocycles. The van der Waals surface area contributed by atoms with E-state index in [1.807, 2.05) is 31.2 Å². The molecule has 0 radical (unpaired) electrons. The van der Waals surface area contributed by atoms with Crippen molar-refractivity contribution >= 4 is 45.6 Å². The van der Waals surface area contributed by atoms with Crippen molar-refractivity contribution < 1.29 is 4.92 Å². The van der Waals surface area contributed by atoms with E-state index in [-0.39, 0.29) is 5.69 Å². The zero-order valence-electron chi connectivity index (χ0n) is 11.5. The Balaban J connectivity index is 2.31. The molecule has 2 rings (SSSR count). The third kappa shape index (κ3) is 4.28. The Labute approximate surface area is 136 Å². The summed E-state index contributed by atoms with van der Waals surface area (Å²) >= 11 is 2.20. The van der Waals surface area contributed by atoms with Crippen molar-refractivity contribution in [2.24, 2.45) is 0 Å². The van der Waals surface area contributed by atoms with Crippen LogP contribution in [0.2, 0.25) is 0 Å². The first-order chi connectivity index (χ1) is 10.1. The van der Waals surface area contributed by atoms with Crippen LogP contribution in [0.15, 0.2) is 36.4 Å². The van der Waals surface area contributed by atoms with Gasteiger partial charge in [-0.3, -0.25) is 10.1 Å². The summed E-state index contributed by atoms with van der Waals surface area (Å²) in [5.74, 6) is 0.950. The van der Waals surface area contributed by atoms with E-state index in [1.165, 1.54) is 12.1 Å². The van der Waals surface area contributed by atoms with Crippen LogP contribution in [-0.2, 0) is 0 Å². The molecule has 7 heteroatoms. The van der Waals surface area contributed by atoms with Crippen LogP contribution in [-0.4, -0.2) is 16.5 Å². The number of nitrogens with zero attached hydrogens (tertiary/aromatic N) is 2. The van der Waals surface area contributed by atoms with Gasteiger partial charge < -0.3 is 10.6 Å². The summed E-state index contributed by atoms with van der Waals surface area (Å²) in [7, 11) is 0. The van der Waals surface area contributed by atoms with Gasteiger partial charge in [-0.1, -0.05) is 19.1 Å². The molecule has 0 unspecified atom stereocenters. The molecule has 1 aromatic carbocycles. The van der Waals surface area contributed by atoms with Crippen LogP contribution in [0.25, 0.3) is 0 Å². The van der Waals surface area contributed by atoms with Crippen LogP contribution >= 0.6 is 22.6 Å². The quantitative estimate of drug-likeness (QED) is 0.434. The summed E-state index contributed by atoms with van der Waals surface area (Å²) in [6.45, 7) is 2.74. The number of rotatable bonds is 6. The van der Waals surface area contributed by atoms with Crippen molar-refractivity contribution in [1.29, 1.82) is 0 Å². The van der Waals surface area contributed by atoms with Crippen LogP contribution in [0.4, 0.5) is 23.0 Å². The maximum absolute atomic E-state index is 11.0. The lowest BCUT2D eigenvalue weighted by molar-refractivity contribution is -0.384. The molecule has 0 atom stereocenters. The third-order valence-corrected chi connectivity index (χ3v) is 3.65. The van der Waals surface area contributed by atoms with E-state index in [9.17, 15) is 10.1 Å². The Bertz CT molecular complexity index is 649. The Morgan fingerprint density at radius 3 is 2.67 bits per heavy atom. The summed E-state index contributed by atoms with van der Waals surface area (Å²) in [6, 6.07) is 10.6. The van der Waals surface area contributed by atoms with Gasteiger partial charge in [0.25, 0.3) is 5.69 Å². The molecule has 0 bridgehead atoms. The zero-order chi connectivity index (χ0) is 15.2. The predicted octanol–water partition coefficient (Wildman–Crippen LogP) is 4.16. The van der Waals surface area contributed by atoms with Crippen LogP contribution < -0.4 is 10.6 Å². The Morgan fingerprint density at radius 1 is 1.29 bits per heavy atom. The SMILES string of the molecule is CCCNc1cc([N+](=O)[O-])cc(Nc2ccccc2I)n1. The fourth-order valence-electron chi connectivity index (χ4n) is 1.73. The van der Waals surface area contributed by atoms with Crippen molar-refractivity contribution in [3.8, 4) is 0 Å². The molecule has 0 fully saturated rings. The molecule has 2 N–H and O–H groups in total. The van der Waals surface area contributed by atoms with E-state index in [0.717, 1.165) is 22.2 Å². The predicted molar refractivity (Wildman–Crippen MR) is 92.1 cm³/mol. The second kappa shape index (κ2) is 7.21. The van der Waals surface area contributed by atoms with Crippen molar-refractivity contribution in [3.63, 3.8) is 0 Å². The van der Waals surface area contributed by atoms with E-state index in [4.69, 9.17) is 0 Å². The molecular weight excluding hydrogens is 383 g/mol. The van der Waals surface area contributed by atoms with Crippen LogP contribution in [0, 0.1) is 13.7 Å². The first-order valence-corrected chi connectivity index (χ1v) is 7.60. The second-order valence-corrected chi connectivity index (χ2v) is 5.55. The number of hydrogen-bond acceptors (Lipinski definition) is 5. The van der Waals surface area contributed by atoms with E-state index < -0.39 is 4.92 Å². The topological polar surface area (TPSA) is 80.1 Å². The molecule has 21 heavy (non-hydrogen) atoms. The fraction of sp³-hybridized carbons (Fsp3) is 0.214. The average molecular weight is 398 g/mol. The minimum absolute atomic E-state index is 0.0112. The highest BCUT2D eigenvalue weighted by Gasteiger charge is 2.12. The van der Waals surface area contributed by atoms with Crippen LogP contribution in [0.3, 0.4) is 0 Å². The van der Waals surface area contributed by atoms with E-state index in [0.29, 0.717) is 11.6 Å². The number of halogens is 1. The Kier molecular flexibility index (Phi) is 5.32. The number of para-hydroxylation sites is 1. The number of hydrogen-bond donors (Lipinski definition) is 2. The largest absolute Gasteiger partial charge is 0.370 e. The molecule has 6 nitrogen and oxygen atoms in total. The Hall–Kier alpha value is -1.90. The van der Waals surface area contributed by atoms with Crippen molar-refractivity contribution in [2.75, 3.05) is 17.2 Å². The van der Waals surface area contributed by atoms with Gasteiger partial charge in [0.05, 0.1) is 22.7 Å². The highest BCUT2D eigenvalue weighted by Crippen LogP contribution is 2.25. The van der Waals surface area contributed by atoms with Gasteiger partial charge in [-0.15, -0.1) is 0 Å². The van der Waals surface area contributed by atoms with Crippen molar-refractivity contribution in [3.05, 3.63) is 50.1 Å². The Morgan fingerprint density at radius 2 is 2.00 bits per heavy atom. The first-order valence-electron chi connectivity index (χ1n) is 6.52. The van der Waals surface area contributed by atoms with Gasteiger partial charge in [0, 0.05) is 10.1 Å². The molecular formula is C14H15IN4O2.